The molecule has 0 spiro atoms. The summed E-state index contributed by atoms with van der Waals surface area (Å²) < 4.78 is 11.2. The number of likely N-dealkylation sites (N-methyl/N-ethyl adjacent to an activating group) is 1. The molecule has 4 nitrogen and oxygen atoms in total. The zero-order valence-electron chi connectivity index (χ0n) is 14.4. The Morgan fingerprint density at radius 1 is 1.04 bits per heavy atom. The van der Waals surface area contributed by atoms with E-state index in [9.17, 15) is 4.79 Å². The standard InChI is InChI=1S/C20H23NO3/c1-20(2,16-9-10-17-18(13-16)24-12-11-23-17)19(22)21(3)14-15-7-5-4-6-8-15/h4-10,13H,11-12,14H2,1-3H3. The van der Waals surface area contributed by atoms with Crippen molar-refractivity contribution >= 4 is 5.91 Å². The van der Waals surface area contributed by atoms with Crippen LogP contribution in [0.5, 0.6) is 11.5 Å². The number of amides is 1. The highest BCUT2D eigenvalue weighted by atomic mass is 16.6. The Kier molecular flexibility index (Phi) is 4.47. The van der Waals surface area contributed by atoms with Crippen molar-refractivity contribution in [2.75, 3.05) is 20.3 Å². The third-order valence-corrected chi connectivity index (χ3v) is 4.41. The lowest BCUT2D eigenvalue weighted by Gasteiger charge is -2.31. The van der Waals surface area contributed by atoms with Gasteiger partial charge in [-0.3, -0.25) is 4.79 Å². The molecule has 1 amide bonds. The van der Waals surface area contributed by atoms with Gasteiger partial charge in [0.1, 0.15) is 13.2 Å². The van der Waals surface area contributed by atoms with Crippen LogP contribution in [-0.4, -0.2) is 31.1 Å². The molecule has 0 saturated heterocycles. The molecule has 4 heteroatoms. The quantitative estimate of drug-likeness (QED) is 0.865. The van der Waals surface area contributed by atoms with Gasteiger partial charge >= 0.3 is 0 Å². The third-order valence-electron chi connectivity index (χ3n) is 4.41. The van der Waals surface area contributed by atoms with Crippen molar-refractivity contribution in [2.24, 2.45) is 0 Å². The lowest BCUT2D eigenvalue weighted by Crippen LogP contribution is -2.41. The number of benzene rings is 2. The number of carbonyl (C=O) groups excluding carboxylic acids is 1. The Hall–Kier alpha value is -2.49. The first-order chi connectivity index (χ1) is 11.5. The van der Waals surface area contributed by atoms with Crippen LogP contribution in [0.2, 0.25) is 0 Å². The molecule has 1 aliphatic rings. The summed E-state index contributed by atoms with van der Waals surface area (Å²) in [5, 5.41) is 0. The maximum Gasteiger partial charge on any atom is 0.232 e. The smallest absolute Gasteiger partial charge is 0.232 e. The Morgan fingerprint density at radius 3 is 2.42 bits per heavy atom. The van der Waals surface area contributed by atoms with Crippen LogP contribution in [0.3, 0.4) is 0 Å². The Balaban J connectivity index is 1.79. The highest BCUT2D eigenvalue weighted by Gasteiger charge is 2.33. The lowest BCUT2D eigenvalue weighted by molar-refractivity contribution is -0.135. The van der Waals surface area contributed by atoms with E-state index in [0.29, 0.717) is 25.5 Å². The van der Waals surface area contributed by atoms with E-state index in [1.54, 1.807) is 4.90 Å². The summed E-state index contributed by atoms with van der Waals surface area (Å²) in [4.78, 5) is 14.8. The fraction of sp³-hybridized carbons (Fsp3) is 0.350. The van der Waals surface area contributed by atoms with Crippen LogP contribution < -0.4 is 9.47 Å². The van der Waals surface area contributed by atoms with Gasteiger partial charge in [-0.15, -0.1) is 0 Å². The average molecular weight is 325 g/mol. The van der Waals surface area contributed by atoms with Gasteiger partial charge in [0.05, 0.1) is 5.41 Å². The highest BCUT2D eigenvalue weighted by Crippen LogP contribution is 2.36. The summed E-state index contributed by atoms with van der Waals surface area (Å²) in [6.45, 7) is 5.59. The molecular formula is C20H23NO3. The molecule has 0 fully saturated rings. The topological polar surface area (TPSA) is 38.8 Å². The van der Waals surface area contributed by atoms with Gasteiger partial charge in [-0.1, -0.05) is 36.4 Å². The number of hydrogen-bond donors (Lipinski definition) is 0. The van der Waals surface area contributed by atoms with Crippen molar-refractivity contribution in [3.63, 3.8) is 0 Å². The molecule has 0 bridgehead atoms. The van der Waals surface area contributed by atoms with Crippen LogP contribution in [0.1, 0.15) is 25.0 Å². The van der Waals surface area contributed by atoms with E-state index in [1.807, 2.05) is 69.4 Å². The second kappa shape index (κ2) is 6.56. The van der Waals surface area contributed by atoms with Gasteiger partial charge in [-0.05, 0) is 37.1 Å². The number of rotatable bonds is 4. The lowest BCUT2D eigenvalue weighted by atomic mass is 9.83. The van der Waals surface area contributed by atoms with Gasteiger partial charge < -0.3 is 14.4 Å². The largest absolute Gasteiger partial charge is 0.486 e. The van der Waals surface area contributed by atoms with Gasteiger partial charge in [-0.25, -0.2) is 0 Å². The van der Waals surface area contributed by atoms with Crippen LogP contribution in [0.25, 0.3) is 0 Å². The van der Waals surface area contributed by atoms with Gasteiger partial charge in [-0.2, -0.15) is 0 Å². The summed E-state index contributed by atoms with van der Waals surface area (Å²) in [5.74, 6) is 1.53. The zero-order valence-corrected chi connectivity index (χ0v) is 14.4. The van der Waals surface area contributed by atoms with Crippen LogP contribution in [-0.2, 0) is 16.8 Å². The Bertz CT molecular complexity index is 725. The fourth-order valence-electron chi connectivity index (χ4n) is 2.96. The van der Waals surface area contributed by atoms with E-state index in [-0.39, 0.29) is 5.91 Å². The number of ether oxygens (including phenoxy) is 2. The molecule has 0 radical (unpaired) electrons. The van der Waals surface area contributed by atoms with Gasteiger partial charge in [0.25, 0.3) is 0 Å². The third kappa shape index (κ3) is 3.23. The molecule has 0 saturated carbocycles. The molecule has 2 aromatic carbocycles. The second-order valence-corrected chi connectivity index (χ2v) is 6.63. The van der Waals surface area contributed by atoms with Crippen molar-refractivity contribution in [3.8, 4) is 11.5 Å². The molecule has 126 valence electrons. The van der Waals surface area contributed by atoms with E-state index in [1.165, 1.54) is 0 Å². The van der Waals surface area contributed by atoms with E-state index in [0.717, 1.165) is 16.9 Å². The zero-order chi connectivity index (χ0) is 17.2. The number of carbonyl (C=O) groups is 1. The van der Waals surface area contributed by atoms with E-state index in [4.69, 9.17) is 9.47 Å². The van der Waals surface area contributed by atoms with E-state index in [2.05, 4.69) is 0 Å². The number of fused-ring (bicyclic) bond motifs is 1. The minimum absolute atomic E-state index is 0.0723. The average Bonchev–Trinajstić information content (AvgIpc) is 2.61. The fourth-order valence-corrected chi connectivity index (χ4v) is 2.96. The Labute approximate surface area is 143 Å². The normalized spacial score (nSPS) is 13.5. The summed E-state index contributed by atoms with van der Waals surface area (Å²) in [6, 6.07) is 15.8. The van der Waals surface area contributed by atoms with Gasteiger partial charge in [0, 0.05) is 13.6 Å². The SMILES string of the molecule is CN(Cc1ccccc1)C(=O)C(C)(C)c1ccc2c(c1)OCCO2. The minimum Gasteiger partial charge on any atom is -0.486 e. The first-order valence-electron chi connectivity index (χ1n) is 8.18. The molecular weight excluding hydrogens is 302 g/mol. The highest BCUT2D eigenvalue weighted by molar-refractivity contribution is 5.87. The van der Waals surface area contributed by atoms with E-state index >= 15 is 0 Å². The molecule has 3 rings (SSSR count). The van der Waals surface area contributed by atoms with Gasteiger partial charge in [0.15, 0.2) is 11.5 Å². The monoisotopic (exact) mass is 325 g/mol. The summed E-state index contributed by atoms with van der Waals surface area (Å²) in [6.07, 6.45) is 0. The van der Waals surface area contributed by atoms with Crippen molar-refractivity contribution in [1.29, 1.82) is 0 Å². The molecule has 0 aliphatic carbocycles. The second-order valence-electron chi connectivity index (χ2n) is 6.63. The first-order valence-corrected chi connectivity index (χ1v) is 8.18. The maximum absolute atomic E-state index is 13.0. The molecule has 2 aromatic rings. The molecule has 0 atom stereocenters. The Morgan fingerprint density at radius 2 is 1.71 bits per heavy atom. The number of nitrogens with zero attached hydrogens (tertiary/aromatic N) is 1. The van der Waals surface area contributed by atoms with Crippen LogP contribution >= 0.6 is 0 Å². The predicted octanol–water partition coefficient (Wildman–Crippen LogP) is 3.39. The molecule has 1 aliphatic heterocycles. The van der Waals surface area contributed by atoms with Gasteiger partial charge in [0.2, 0.25) is 5.91 Å². The van der Waals surface area contributed by atoms with Crippen molar-refractivity contribution in [1.82, 2.24) is 4.90 Å². The molecule has 0 N–H and O–H groups in total. The van der Waals surface area contributed by atoms with Crippen molar-refractivity contribution < 1.29 is 14.3 Å². The molecule has 0 aromatic heterocycles. The van der Waals surface area contributed by atoms with Crippen LogP contribution in [0, 0.1) is 0 Å². The molecule has 1 heterocycles. The van der Waals surface area contributed by atoms with Crippen molar-refractivity contribution in [2.45, 2.75) is 25.8 Å². The summed E-state index contributed by atoms with van der Waals surface area (Å²) >= 11 is 0. The van der Waals surface area contributed by atoms with Crippen molar-refractivity contribution in [3.05, 3.63) is 59.7 Å². The maximum atomic E-state index is 13.0. The van der Waals surface area contributed by atoms with E-state index < -0.39 is 5.41 Å². The number of hydrogen-bond acceptors (Lipinski definition) is 3. The molecule has 0 unspecified atom stereocenters. The minimum atomic E-state index is -0.640. The molecule has 24 heavy (non-hydrogen) atoms. The van der Waals surface area contributed by atoms with Crippen LogP contribution in [0.15, 0.2) is 48.5 Å². The van der Waals surface area contributed by atoms with Crippen LogP contribution in [0.4, 0.5) is 0 Å². The predicted molar refractivity (Wildman–Crippen MR) is 93.4 cm³/mol. The summed E-state index contributed by atoms with van der Waals surface area (Å²) in [7, 11) is 1.84. The summed E-state index contributed by atoms with van der Waals surface area (Å²) in [5.41, 5.74) is 1.40. The first kappa shape index (κ1) is 16.4.